The molecule has 112 valence electrons. The van der Waals surface area contributed by atoms with Gasteiger partial charge in [-0.25, -0.2) is 4.39 Å². The van der Waals surface area contributed by atoms with E-state index in [1.54, 1.807) is 12.1 Å². The van der Waals surface area contributed by atoms with Crippen LogP contribution in [0.2, 0.25) is 0 Å². The van der Waals surface area contributed by atoms with E-state index in [0.29, 0.717) is 18.8 Å². The summed E-state index contributed by atoms with van der Waals surface area (Å²) in [6.07, 6.45) is 4.26. The molecule has 3 rings (SSSR count). The molecule has 1 aromatic carbocycles. The molecule has 0 aromatic heterocycles. The van der Waals surface area contributed by atoms with E-state index in [4.69, 9.17) is 0 Å². The Morgan fingerprint density at radius 3 is 2.48 bits per heavy atom. The zero-order valence-electron chi connectivity index (χ0n) is 11.8. The second-order valence-corrected chi connectivity index (χ2v) is 5.89. The molecule has 2 aliphatic rings. The Morgan fingerprint density at radius 1 is 1.24 bits per heavy atom. The summed E-state index contributed by atoms with van der Waals surface area (Å²) in [7, 11) is 0. The first kappa shape index (κ1) is 14.0. The molecule has 4 nitrogen and oxygen atoms in total. The molecule has 2 amide bonds. The number of amides is 2. The fourth-order valence-corrected chi connectivity index (χ4v) is 2.98. The van der Waals surface area contributed by atoms with E-state index in [-0.39, 0.29) is 23.7 Å². The number of hydrogen-bond acceptors (Lipinski definition) is 2. The van der Waals surface area contributed by atoms with Gasteiger partial charge in [0.2, 0.25) is 11.8 Å². The van der Waals surface area contributed by atoms with Crippen LogP contribution in [0.1, 0.15) is 43.7 Å². The maximum atomic E-state index is 13.1. The lowest BCUT2D eigenvalue weighted by atomic mass is 9.77. The third-order valence-electron chi connectivity index (χ3n) is 4.46. The van der Waals surface area contributed by atoms with Crippen LogP contribution in [0.3, 0.4) is 0 Å². The highest BCUT2D eigenvalue weighted by atomic mass is 19.1. The Kier molecular flexibility index (Phi) is 3.90. The Labute approximate surface area is 123 Å². The van der Waals surface area contributed by atoms with Crippen LogP contribution in [0, 0.1) is 11.7 Å². The minimum Gasteiger partial charge on any atom is -0.347 e. The summed E-state index contributed by atoms with van der Waals surface area (Å²) in [6.45, 7) is 0. The van der Waals surface area contributed by atoms with E-state index in [0.717, 1.165) is 18.4 Å². The van der Waals surface area contributed by atoms with Crippen LogP contribution in [-0.4, -0.2) is 17.9 Å². The van der Waals surface area contributed by atoms with Crippen LogP contribution in [-0.2, 0) is 9.59 Å². The molecule has 0 spiro atoms. The van der Waals surface area contributed by atoms with Crippen LogP contribution in [0.15, 0.2) is 24.3 Å². The summed E-state index contributed by atoms with van der Waals surface area (Å²) in [6, 6.07) is 5.78. The summed E-state index contributed by atoms with van der Waals surface area (Å²) in [4.78, 5) is 23.5. The van der Waals surface area contributed by atoms with E-state index in [2.05, 4.69) is 10.6 Å². The van der Waals surface area contributed by atoms with Gasteiger partial charge in [0.15, 0.2) is 0 Å². The number of hydrogen-bond donors (Lipinski definition) is 2. The van der Waals surface area contributed by atoms with Crippen LogP contribution in [0.25, 0.3) is 0 Å². The zero-order chi connectivity index (χ0) is 14.8. The first-order valence-corrected chi connectivity index (χ1v) is 7.48. The van der Waals surface area contributed by atoms with Crippen molar-refractivity contribution in [3.05, 3.63) is 35.6 Å². The predicted molar refractivity (Wildman–Crippen MR) is 75.8 cm³/mol. The summed E-state index contributed by atoms with van der Waals surface area (Å²) >= 11 is 0. The lowest BCUT2D eigenvalue weighted by Crippen LogP contribution is -2.45. The van der Waals surface area contributed by atoms with Crippen molar-refractivity contribution in [1.29, 1.82) is 0 Å². The molecule has 0 radical (unpaired) electrons. The number of halogens is 1. The number of benzene rings is 1. The van der Waals surface area contributed by atoms with Crippen molar-refractivity contribution in [2.75, 3.05) is 0 Å². The fraction of sp³-hybridized carbons (Fsp3) is 0.500. The Bertz CT molecular complexity index is 540. The minimum atomic E-state index is -0.430. The molecule has 0 unspecified atom stereocenters. The summed E-state index contributed by atoms with van der Waals surface area (Å²) in [5.74, 6) is -0.0868. The van der Waals surface area contributed by atoms with E-state index in [1.165, 1.54) is 18.6 Å². The van der Waals surface area contributed by atoms with Crippen LogP contribution < -0.4 is 10.6 Å². The molecule has 1 aliphatic carbocycles. The molecular weight excluding hydrogens is 271 g/mol. The second-order valence-electron chi connectivity index (χ2n) is 5.89. The molecule has 2 N–H and O–H groups in total. The van der Waals surface area contributed by atoms with E-state index < -0.39 is 6.04 Å². The van der Waals surface area contributed by atoms with Crippen LogP contribution in [0.4, 0.5) is 4.39 Å². The largest absolute Gasteiger partial charge is 0.347 e. The van der Waals surface area contributed by atoms with Gasteiger partial charge in [0.05, 0.1) is 6.04 Å². The molecule has 1 aliphatic heterocycles. The summed E-state index contributed by atoms with van der Waals surface area (Å²) < 4.78 is 13.1. The van der Waals surface area contributed by atoms with Crippen LogP contribution in [0.5, 0.6) is 0 Å². The average molecular weight is 290 g/mol. The Balaban J connectivity index is 1.72. The predicted octanol–water partition coefficient (Wildman–Crippen LogP) is 2.06. The van der Waals surface area contributed by atoms with Gasteiger partial charge >= 0.3 is 0 Å². The van der Waals surface area contributed by atoms with Gasteiger partial charge in [0, 0.05) is 6.42 Å². The average Bonchev–Trinajstić information content (AvgIpc) is 2.83. The van der Waals surface area contributed by atoms with Crippen molar-refractivity contribution < 1.29 is 14.0 Å². The van der Waals surface area contributed by atoms with Gasteiger partial charge in [-0.15, -0.1) is 0 Å². The quantitative estimate of drug-likeness (QED) is 0.892. The molecule has 1 heterocycles. The topological polar surface area (TPSA) is 58.2 Å². The van der Waals surface area contributed by atoms with Gasteiger partial charge in [-0.2, -0.15) is 0 Å². The van der Waals surface area contributed by atoms with E-state index >= 15 is 0 Å². The van der Waals surface area contributed by atoms with Gasteiger partial charge in [-0.05, 0) is 42.9 Å². The molecule has 1 saturated carbocycles. The minimum absolute atomic E-state index is 0.0721. The van der Waals surface area contributed by atoms with Crippen molar-refractivity contribution in [3.63, 3.8) is 0 Å². The highest BCUT2D eigenvalue weighted by Crippen LogP contribution is 2.37. The van der Waals surface area contributed by atoms with Crippen molar-refractivity contribution in [2.45, 2.75) is 44.2 Å². The lowest BCUT2D eigenvalue weighted by molar-refractivity contribution is -0.126. The molecule has 2 atom stereocenters. The molecule has 0 bridgehead atoms. The van der Waals surface area contributed by atoms with Crippen molar-refractivity contribution in [2.24, 2.45) is 5.92 Å². The first-order chi connectivity index (χ1) is 10.1. The van der Waals surface area contributed by atoms with Crippen molar-refractivity contribution in [1.82, 2.24) is 10.6 Å². The van der Waals surface area contributed by atoms with E-state index in [1.807, 2.05) is 0 Å². The van der Waals surface area contributed by atoms with E-state index in [9.17, 15) is 14.0 Å². The molecule has 1 saturated heterocycles. The molecule has 1 aromatic rings. The maximum absolute atomic E-state index is 13.1. The SMILES string of the molecule is O=C1CC[C@H](C(=O)N[C@H](c2ccc(F)cc2)C2CCC2)N1. The highest BCUT2D eigenvalue weighted by molar-refractivity contribution is 5.91. The monoisotopic (exact) mass is 290 g/mol. The Hall–Kier alpha value is -1.91. The van der Waals surface area contributed by atoms with Gasteiger partial charge in [0.1, 0.15) is 11.9 Å². The van der Waals surface area contributed by atoms with Gasteiger partial charge in [-0.1, -0.05) is 18.6 Å². The van der Waals surface area contributed by atoms with Gasteiger partial charge < -0.3 is 10.6 Å². The molecule has 5 heteroatoms. The molecule has 21 heavy (non-hydrogen) atoms. The lowest BCUT2D eigenvalue weighted by Gasteiger charge is -2.35. The highest BCUT2D eigenvalue weighted by Gasteiger charge is 2.33. The number of rotatable bonds is 4. The Morgan fingerprint density at radius 2 is 1.95 bits per heavy atom. The first-order valence-electron chi connectivity index (χ1n) is 7.48. The third-order valence-corrected chi connectivity index (χ3v) is 4.46. The molecule has 2 fully saturated rings. The molecular formula is C16H19FN2O2. The van der Waals surface area contributed by atoms with Crippen molar-refractivity contribution in [3.8, 4) is 0 Å². The van der Waals surface area contributed by atoms with Crippen molar-refractivity contribution >= 4 is 11.8 Å². The number of carbonyl (C=O) groups excluding carboxylic acids is 2. The van der Waals surface area contributed by atoms with Gasteiger partial charge in [0.25, 0.3) is 0 Å². The summed E-state index contributed by atoms with van der Waals surface area (Å²) in [5, 5.41) is 5.72. The zero-order valence-corrected chi connectivity index (χ0v) is 11.8. The number of nitrogens with one attached hydrogen (secondary N) is 2. The van der Waals surface area contributed by atoms with Gasteiger partial charge in [-0.3, -0.25) is 9.59 Å². The summed E-state index contributed by atoms with van der Waals surface area (Å²) in [5.41, 5.74) is 0.929. The second kappa shape index (κ2) is 5.84. The normalized spacial score (nSPS) is 23.3. The number of carbonyl (C=O) groups is 2. The third kappa shape index (κ3) is 3.06. The maximum Gasteiger partial charge on any atom is 0.243 e. The van der Waals surface area contributed by atoms with Crippen LogP contribution >= 0.6 is 0 Å². The standard InChI is InChI=1S/C16H19FN2O2/c17-12-6-4-11(5-7-12)15(10-2-1-3-10)19-16(21)13-8-9-14(20)18-13/h4-7,10,13,15H,1-3,8-9H2,(H,18,20)(H,19,21)/t13-,15+/m1/s1. The smallest absolute Gasteiger partial charge is 0.243 e. The fourth-order valence-electron chi connectivity index (χ4n) is 2.98.